The van der Waals surface area contributed by atoms with Crippen LogP contribution in [0.3, 0.4) is 0 Å². The molecule has 0 aromatic rings. The second kappa shape index (κ2) is 4.52. The van der Waals surface area contributed by atoms with Crippen LogP contribution in [-0.2, 0) is 8.85 Å². The van der Waals surface area contributed by atoms with Crippen LogP contribution in [0.2, 0.25) is 0 Å². The second-order valence-corrected chi connectivity index (χ2v) is 6.29. The first-order chi connectivity index (χ1) is 6.25. The maximum absolute atomic E-state index is 5.62. The second-order valence-electron chi connectivity index (χ2n) is 3.12. The van der Waals surface area contributed by atoms with E-state index >= 15 is 0 Å². The summed E-state index contributed by atoms with van der Waals surface area (Å²) in [6.07, 6.45) is 0. The van der Waals surface area contributed by atoms with Crippen LogP contribution >= 0.6 is 0 Å². The van der Waals surface area contributed by atoms with Crippen molar-refractivity contribution in [2.24, 2.45) is 0 Å². The normalized spacial score (nSPS) is 24.0. The van der Waals surface area contributed by atoms with Crippen molar-refractivity contribution in [1.29, 1.82) is 0 Å². The van der Waals surface area contributed by atoms with E-state index in [1.807, 2.05) is 0 Å². The summed E-state index contributed by atoms with van der Waals surface area (Å²) >= 11 is 0. The average Bonchev–Trinajstić information content (AvgIpc) is 2.55. The minimum atomic E-state index is -2.17. The molecule has 1 heterocycles. The van der Waals surface area contributed by atoms with Gasteiger partial charge in [0.15, 0.2) is 0 Å². The fourth-order valence-electron chi connectivity index (χ4n) is 2.04. The molecule has 0 aromatic carbocycles. The number of likely N-dealkylation sites (N-methyl/N-ethyl adjacent to an activating group) is 2. The molecule has 0 amide bonds. The van der Waals surface area contributed by atoms with Crippen molar-refractivity contribution in [3.05, 3.63) is 0 Å². The van der Waals surface area contributed by atoms with Gasteiger partial charge >= 0.3 is 8.88 Å². The average molecular weight is 204 g/mol. The third kappa shape index (κ3) is 1.67. The highest BCUT2D eigenvalue weighted by molar-refractivity contribution is 6.62. The highest BCUT2D eigenvalue weighted by Gasteiger charge is 2.53. The van der Waals surface area contributed by atoms with Crippen LogP contribution in [0.1, 0.15) is 13.8 Å². The highest BCUT2D eigenvalue weighted by atomic mass is 28.4. The Kier molecular flexibility index (Phi) is 3.87. The third-order valence-corrected chi connectivity index (χ3v) is 6.48. The molecule has 0 bridgehead atoms. The molecule has 0 spiro atoms. The van der Waals surface area contributed by atoms with E-state index in [0.29, 0.717) is 0 Å². The number of nitrogens with zero attached hydrogens (tertiary/aromatic N) is 2. The van der Waals surface area contributed by atoms with E-state index in [2.05, 4.69) is 23.0 Å². The summed E-state index contributed by atoms with van der Waals surface area (Å²) in [5.41, 5.74) is 0. The lowest BCUT2D eigenvalue weighted by atomic mass is 10.6. The first-order valence-corrected chi connectivity index (χ1v) is 6.56. The first-order valence-electron chi connectivity index (χ1n) is 4.85. The predicted molar refractivity (Wildman–Crippen MR) is 54.3 cm³/mol. The van der Waals surface area contributed by atoms with E-state index in [0.717, 1.165) is 26.2 Å². The van der Waals surface area contributed by atoms with Crippen LogP contribution in [-0.4, -0.2) is 58.4 Å². The van der Waals surface area contributed by atoms with Gasteiger partial charge in [-0.3, -0.25) is 9.13 Å². The molecule has 0 unspecified atom stereocenters. The lowest BCUT2D eigenvalue weighted by molar-refractivity contribution is 0.140. The number of hydrogen-bond donors (Lipinski definition) is 0. The van der Waals surface area contributed by atoms with E-state index in [1.165, 1.54) is 0 Å². The van der Waals surface area contributed by atoms with Crippen molar-refractivity contribution in [1.82, 2.24) is 9.13 Å². The number of rotatable bonds is 4. The standard InChI is InChI=1S/C8H20N2O2Si/c1-5-9-7-8-10(6-2)13(9,11-3)12-4/h5-8H2,1-4H3. The van der Waals surface area contributed by atoms with E-state index in [-0.39, 0.29) is 0 Å². The van der Waals surface area contributed by atoms with E-state index in [9.17, 15) is 0 Å². The molecule has 0 atom stereocenters. The van der Waals surface area contributed by atoms with Gasteiger partial charge in [0.25, 0.3) is 0 Å². The minimum Gasteiger partial charge on any atom is -0.374 e. The molecule has 1 saturated heterocycles. The molecule has 0 radical (unpaired) electrons. The fraction of sp³-hybridized carbons (Fsp3) is 1.00. The van der Waals surface area contributed by atoms with Crippen LogP contribution < -0.4 is 0 Å². The first kappa shape index (κ1) is 11.1. The zero-order chi connectivity index (χ0) is 9.90. The van der Waals surface area contributed by atoms with Gasteiger partial charge < -0.3 is 8.85 Å². The SMILES string of the molecule is CCN1CCN(CC)[Si]1(OC)OC. The van der Waals surface area contributed by atoms with Crippen molar-refractivity contribution in [2.45, 2.75) is 13.8 Å². The Bertz CT molecular complexity index is 150. The Balaban J connectivity index is 2.81. The van der Waals surface area contributed by atoms with Gasteiger partial charge in [-0.15, -0.1) is 0 Å². The van der Waals surface area contributed by atoms with Gasteiger partial charge in [-0.1, -0.05) is 13.8 Å². The molecule has 0 aliphatic carbocycles. The summed E-state index contributed by atoms with van der Waals surface area (Å²) in [5, 5.41) is 0. The molecule has 0 N–H and O–H groups in total. The van der Waals surface area contributed by atoms with Crippen LogP contribution in [0, 0.1) is 0 Å². The van der Waals surface area contributed by atoms with Crippen LogP contribution in [0.15, 0.2) is 0 Å². The lowest BCUT2D eigenvalue weighted by Gasteiger charge is -2.35. The number of hydrogen-bond acceptors (Lipinski definition) is 4. The van der Waals surface area contributed by atoms with Gasteiger partial charge in [-0.25, -0.2) is 0 Å². The molecule has 1 aliphatic heterocycles. The lowest BCUT2D eigenvalue weighted by Crippen LogP contribution is -2.62. The van der Waals surface area contributed by atoms with Crippen LogP contribution in [0.5, 0.6) is 0 Å². The van der Waals surface area contributed by atoms with E-state index < -0.39 is 8.88 Å². The Morgan fingerprint density at radius 3 is 1.62 bits per heavy atom. The zero-order valence-electron chi connectivity index (χ0n) is 9.04. The van der Waals surface area contributed by atoms with Gasteiger partial charge in [0.2, 0.25) is 0 Å². The molecular weight excluding hydrogens is 184 g/mol. The minimum absolute atomic E-state index is 1.00. The molecule has 78 valence electrons. The van der Waals surface area contributed by atoms with Gasteiger partial charge in [0.1, 0.15) is 0 Å². The topological polar surface area (TPSA) is 24.9 Å². The van der Waals surface area contributed by atoms with Gasteiger partial charge in [0.05, 0.1) is 0 Å². The summed E-state index contributed by atoms with van der Waals surface area (Å²) in [4.78, 5) is 0. The summed E-state index contributed by atoms with van der Waals surface area (Å²) in [6, 6.07) is 0. The molecule has 1 rings (SSSR count). The van der Waals surface area contributed by atoms with Gasteiger partial charge in [-0.05, 0) is 13.1 Å². The molecule has 0 aromatic heterocycles. The summed E-state index contributed by atoms with van der Waals surface area (Å²) in [6.45, 7) is 8.45. The summed E-state index contributed by atoms with van der Waals surface area (Å²) in [7, 11) is 1.34. The molecule has 1 fully saturated rings. The van der Waals surface area contributed by atoms with Crippen molar-refractivity contribution < 1.29 is 8.85 Å². The summed E-state index contributed by atoms with van der Waals surface area (Å²) < 4.78 is 15.9. The van der Waals surface area contributed by atoms with Gasteiger partial charge in [0, 0.05) is 27.3 Å². The van der Waals surface area contributed by atoms with Crippen molar-refractivity contribution >= 4 is 8.88 Å². The molecule has 1 aliphatic rings. The Morgan fingerprint density at radius 2 is 1.38 bits per heavy atom. The molecule has 13 heavy (non-hydrogen) atoms. The Morgan fingerprint density at radius 1 is 1.00 bits per heavy atom. The maximum atomic E-state index is 5.62. The molecular formula is C8H20N2O2Si. The monoisotopic (exact) mass is 204 g/mol. The van der Waals surface area contributed by atoms with Crippen molar-refractivity contribution in [2.75, 3.05) is 40.4 Å². The largest absolute Gasteiger partial charge is 0.522 e. The molecule has 5 heteroatoms. The quantitative estimate of drug-likeness (QED) is 0.618. The van der Waals surface area contributed by atoms with Crippen molar-refractivity contribution in [3.8, 4) is 0 Å². The zero-order valence-corrected chi connectivity index (χ0v) is 10.0. The highest BCUT2D eigenvalue weighted by Crippen LogP contribution is 2.22. The fourth-order valence-corrected chi connectivity index (χ4v) is 5.20. The molecule has 0 saturated carbocycles. The maximum Gasteiger partial charge on any atom is 0.522 e. The van der Waals surface area contributed by atoms with Crippen LogP contribution in [0.25, 0.3) is 0 Å². The van der Waals surface area contributed by atoms with E-state index in [1.54, 1.807) is 14.2 Å². The predicted octanol–water partition coefficient (Wildman–Crippen LogP) is 0.372. The Hall–Kier alpha value is 0.0569. The Labute approximate surface area is 81.8 Å². The van der Waals surface area contributed by atoms with Gasteiger partial charge in [-0.2, -0.15) is 0 Å². The third-order valence-electron chi connectivity index (χ3n) is 2.73. The summed E-state index contributed by atoms with van der Waals surface area (Å²) in [5.74, 6) is 0. The van der Waals surface area contributed by atoms with E-state index in [4.69, 9.17) is 8.85 Å². The van der Waals surface area contributed by atoms with Crippen LogP contribution in [0.4, 0.5) is 0 Å². The van der Waals surface area contributed by atoms with Crippen molar-refractivity contribution in [3.63, 3.8) is 0 Å². The smallest absolute Gasteiger partial charge is 0.374 e. The molecule has 4 nitrogen and oxygen atoms in total.